The maximum absolute atomic E-state index is 13.0. The van der Waals surface area contributed by atoms with Gasteiger partial charge in [-0.3, -0.25) is 4.79 Å². The first-order valence-electron chi connectivity index (χ1n) is 7.29. The second-order valence-electron chi connectivity index (χ2n) is 6.12. The number of hydrogen-bond acceptors (Lipinski definition) is 3. The number of nitrogens with one attached hydrogen (secondary N) is 2. The van der Waals surface area contributed by atoms with Crippen molar-refractivity contribution in [1.29, 1.82) is 0 Å². The summed E-state index contributed by atoms with van der Waals surface area (Å²) in [6.07, 6.45) is -0.132. The number of carbonyl (C=O) groups is 1. The van der Waals surface area contributed by atoms with Crippen molar-refractivity contribution in [2.24, 2.45) is 0 Å². The van der Waals surface area contributed by atoms with Gasteiger partial charge in [0.15, 0.2) is 0 Å². The minimum Gasteiger partial charge on any atom is -0.375 e. The molecule has 0 radical (unpaired) electrons. The molecule has 1 aromatic rings. The molecule has 2 rings (SSSR count). The van der Waals surface area contributed by atoms with Gasteiger partial charge in [0.25, 0.3) is 0 Å². The lowest BCUT2D eigenvalue weighted by Gasteiger charge is -2.31. The van der Waals surface area contributed by atoms with E-state index in [1.165, 1.54) is 12.1 Å². The maximum atomic E-state index is 13.0. The van der Waals surface area contributed by atoms with Gasteiger partial charge in [-0.1, -0.05) is 26.0 Å². The van der Waals surface area contributed by atoms with Crippen LogP contribution in [0.2, 0.25) is 0 Å². The van der Waals surface area contributed by atoms with E-state index in [1.807, 2.05) is 20.8 Å². The number of halogens is 2. The third-order valence-electron chi connectivity index (χ3n) is 3.93. The van der Waals surface area contributed by atoms with Gasteiger partial charge < -0.3 is 15.4 Å². The van der Waals surface area contributed by atoms with Crippen LogP contribution in [-0.4, -0.2) is 37.7 Å². The van der Waals surface area contributed by atoms with E-state index in [2.05, 4.69) is 10.6 Å². The summed E-state index contributed by atoms with van der Waals surface area (Å²) >= 11 is 0. The molecule has 0 bridgehead atoms. The van der Waals surface area contributed by atoms with Crippen LogP contribution in [0.4, 0.5) is 4.39 Å². The highest BCUT2D eigenvalue weighted by atomic mass is 35.5. The van der Waals surface area contributed by atoms with Crippen molar-refractivity contribution >= 4 is 18.3 Å². The van der Waals surface area contributed by atoms with Crippen LogP contribution in [0.15, 0.2) is 24.3 Å². The van der Waals surface area contributed by atoms with Gasteiger partial charge in [-0.25, -0.2) is 4.39 Å². The smallest absolute Gasteiger partial charge is 0.239 e. The molecule has 1 aromatic carbocycles. The Morgan fingerprint density at radius 1 is 1.41 bits per heavy atom. The summed E-state index contributed by atoms with van der Waals surface area (Å²) in [6.45, 7) is 7.74. The molecule has 1 saturated heterocycles. The number of hydrogen-bond donors (Lipinski definition) is 2. The van der Waals surface area contributed by atoms with Gasteiger partial charge in [0.05, 0.1) is 12.7 Å². The summed E-state index contributed by atoms with van der Waals surface area (Å²) < 4.78 is 18.5. The average Bonchev–Trinajstić information content (AvgIpc) is 2.46. The summed E-state index contributed by atoms with van der Waals surface area (Å²) in [5.74, 6) is -0.312. The summed E-state index contributed by atoms with van der Waals surface area (Å²) in [7, 11) is 0. The first kappa shape index (κ1) is 18.9. The SMILES string of the molecule is C[C@H]1OCCN[C@@H]1C(=O)NCC(C)(C)c1ccc(F)cc1.Cl. The average molecular weight is 331 g/mol. The Kier molecular flexibility index (Phi) is 6.78. The standard InChI is InChI=1S/C16H23FN2O2.ClH/c1-11-14(18-8-9-21-11)15(20)19-10-16(2,3)12-4-6-13(17)7-5-12;/h4-7,11,14,18H,8-10H2,1-3H3,(H,19,20);1H/t11-,14+;/m1./s1. The fourth-order valence-electron chi connectivity index (χ4n) is 2.45. The monoisotopic (exact) mass is 330 g/mol. The largest absolute Gasteiger partial charge is 0.375 e. The lowest BCUT2D eigenvalue weighted by atomic mass is 9.84. The maximum Gasteiger partial charge on any atom is 0.239 e. The van der Waals surface area contributed by atoms with E-state index >= 15 is 0 Å². The number of benzene rings is 1. The summed E-state index contributed by atoms with van der Waals surface area (Å²) in [6, 6.07) is 6.08. The molecular weight excluding hydrogens is 307 g/mol. The Bertz CT molecular complexity index is 493. The second-order valence-corrected chi connectivity index (χ2v) is 6.12. The van der Waals surface area contributed by atoms with Crippen molar-refractivity contribution < 1.29 is 13.9 Å². The quantitative estimate of drug-likeness (QED) is 0.888. The van der Waals surface area contributed by atoms with E-state index in [1.54, 1.807) is 12.1 Å². The summed E-state index contributed by atoms with van der Waals surface area (Å²) in [5, 5.41) is 6.13. The normalized spacial score (nSPS) is 21.8. The fraction of sp³-hybridized carbons (Fsp3) is 0.562. The van der Waals surface area contributed by atoms with Gasteiger partial charge in [0, 0.05) is 18.5 Å². The molecule has 124 valence electrons. The molecule has 0 aromatic heterocycles. The van der Waals surface area contributed by atoms with Crippen molar-refractivity contribution in [1.82, 2.24) is 10.6 Å². The minimum absolute atomic E-state index is 0. The van der Waals surface area contributed by atoms with E-state index in [9.17, 15) is 9.18 Å². The molecule has 0 unspecified atom stereocenters. The van der Waals surface area contributed by atoms with Crippen molar-refractivity contribution in [2.45, 2.75) is 38.3 Å². The van der Waals surface area contributed by atoms with Gasteiger partial charge in [-0.2, -0.15) is 0 Å². The first-order valence-corrected chi connectivity index (χ1v) is 7.29. The Morgan fingerprint density at radius 2 is 2.05 bits per heavy atom. The van der Waals surface area contributed by atoms with Gasteiger partial charge in [-0.05, 0) is 24.6 Å². The van der Waals surface area contributed by atoms with Crippen LogP contribution in [0.1, 0.15) is 26.3 Å². The number of morpholine rings is 1. The van der Waals surface area contributed by atoms with Crippen molar-refractivity contribution in [3.8, 4) is 0 Å². The number of ether oxygens (including phenoxy) is 1. The fourth-order valence-corrected chi connectivity index (χ4v) is 2.45. The molecule has 4 nitrogen and oxygen atoms in total. The molecule has 0 saturated carbocycles. The lowest BCUT2D eigenvalue weighted by Crippen LogP contribution is -2.56. The van der Waals surface area contributed by atoms with Crippen LogP contribution < -0.4 is 10.6 Å². The zero-order valence-electron chi connectivity index (χ0n) is 13.2. The molecule has 2 N–H and O–H groups in total. The minimum atomic E-state index is -0.317. The number of rotatable bonds is 4. The summed E-state index contributed by atoms with van der Waals surface area (Å²) in [5.41, 5.74) is 0.729. The van der Waals surface area contributed by atoms with Gasteiger partial charge in [0.2, 0.25) is 5.91 Å². The van der Waals surface area contributed by atoms with Gasteiger partial charge in [0.1, 0.15) is 11.9 Å². The molecule has 1 heterocycles. The topological polar surface area (TPSA) is 50.4 Å². The molecule has 0 spiro atoms. The lowest BCUT2D eigenvalue weighted by molar-refractivity contribution is -0.129. The van der Waals surface area contributed by atoms with E-state index in [4.69, 9.17) is 4.74 Å². The predicted molar refractivity (Wildman–Crippen MR) is 86.9 cm³/mol. The molecule has 1 aliphatic heterocycles. The van der Waals surface area contributed by atoms with Crippen LogP contribution >= 0.6 is 12.4 Å². The predicted octanol–water partition coefficient (Wildman–Crippen LogP) is 2.02. The molecule has 1 aliphatic rings. The van der Waals surface area contributed by atoms with E-state index in [0.29, 0.717) is 19.7 Å². The third-order valence-corrected chi connectivity index (χ3v) is 3.93. The van der Waals surface area contributed by atoms with Crippen LogP contribution in [0.25, 0.3) is 0 Å². The van der Waals surface area contributed by atoms with Crippen molar-refractivity contribution in [3.05, 3.63) is 35.6 Å². The van der Waals surface area contributed by atoms with E-state index < -0.39 is 0 Å². The van der Waals surface area contributed by atoms with Crippen molar-refractivity contribution in [2.75, 3.05) is 19.7 Å². The molecule has 1 fully saturated rings. The van der Waals surface area contributed by atoms with Crippen molar-refractivity contribution in [3.63, 3.8) is 0 Å². The van der Waals surface area contributed by atoms with Crippen LogP contribution in [0, 0.1) is 5.82 Å². The molecule has 1 amide bonds. The van der Waals surface area contributed by atoms with E-state index in [0.717, 1.165) is 5.56 Å². The zero-order valence-corrected chi connectivity index (χ0v) is 14.0. The van der Waals surface area contributed by atoms with Crippen LogP contribution in [0.3, 0.4) is 0 Å². The Balaban J connectivity index is 0.00000242. The van der Waals surface area contributed by atoms with Crippen LogP contribution in [0.5, 0.6) is 0 Å². The van der Waals surface area contributed by atoms with Gasteiger partial charge >= 0.3 is 0 Å². The Hall–Kier alpha value is -1.17. The second kappa shape index (κ2) is 7.90. The zero-order chi connectivity index (χ0) is 15.5. The summed E-state index contributed by atoms with van der Waals surface area (Å²) in [4.78, 5) is 12.2. The highest BCUT2D eigenvalue weighted by Gasteiger charge is 2.30. The number of amides is 1. The van der Waals surface area contributed by atoms with E-state index in [-0.39, 0.29) is 41.7 Å². The Labute approximate surface area is 137 Å². The van der Waals surface area contributed by atoms with Crippen LogP contribution in [-0.2, 0) is 14.9 Å². The first-order chi connectivity index (χ1) is 9.90. The molecular formula is C16H24ClFN2O2. The third kappa shape index (κ3) is 4.66. The highest BCUT2D eigenvalue weighted by molar-refractivity contribution is 5.85. The molecule has 2 atom stereocenters. The molecule has 0 aliphatic carbocycles. The molecule has 22 heavy (non-hydrogen) atoms. The Morgan fingerprint density at radius 3 is 2.64 bits per heavy atom. The highest BCUT2D eigenvalue weighted by Crippen LogP contribution is 2.22. The molecule has 6 heteroatoms. The van der Waals surface area contributed by atoms with Gasteiger partial charge in [-0.15, -0.1) is 12.4 Å². The number of carbonyl (C=O) groups excluding carboxylic acids is 1.